The van der Waals surface area contributed by atoms with Crippen LogP contribution in [0.1, 0.15) is 29.8 Å². The van der Waals surface area contributed by atoms with Gasteiger partial charge in [0.2, 0.25) is 0 Å². The van der Waals surface area contributed by atoms with Crippen molar-refractivity contribution in [2.24, 2.45) is 0 Å². The molecule has 0 unspecified atom stereocenters. The van der Waals surface area contributed by atoms with Crippen LogP contribution < -0.4 is 10.1 Å². The molecule has 2 rings (SSSR count). The van der Waals surface area contributed by atoms with Gasteiger partial charge in [0.1, 0.15) is 5.75 Å². The van der Waals surface area contributed by atoms with Crippen molar-refractivity contribution in [3.05, 3.63) is 58.6 Å². The quantitative estimate of drug-likeness (QED) is 0.782. The summed E-state index contributed by atoms with van der Waals surface area (Å²) in [6.45, 7) is 5.32. The molecule has 0 aliphatic heterocycles. The van der Waals surface area contributed by atoms with E-state index in [1.165, 1.54) is 0 Å². The maximum absolute atomic E-state index is 12.0. The minimum absolute atomic E-state index is 0.167. The molecule has 0 aliphatic carbocycles. The molecule has 132 valence electrons. The van der Waals surface area contributed by atoms with Gasteiger partial charge in [-0.05, 0) is 62.7 Å². The van der Waals surface area contributed by atoms with E-state index in [-0.39, 0.29) is 18.6 Å². The van der Waals surface area contributed by atoms with Crippen molar-refractivity contribution in [2.45, 2.75) is 26.9 Å². The van der Waals surface area contributed by atoms with Crippen LogP contribution in [0.5, 0.6) is 5.75 Å². The molecule has 1 amide bonds. The first-order valence-corrected chi connectivity index (χ1v) is 8.23. The number of hydrogen-bond donors (Lipinski definition) is 1. The van der Waals surface area contributed by atoms with Gasteiger partial charge in [-0.25, -0.2) is 4.79 Å². The average Bonchev–Trinajstić information content (AvgIpc) is 2.55. The Bertz CT molecular complexity index is 757. The van der Waals surface area contributed by atoms with Crippen molar-refractivity contribution < 1.29 is 19.1 Å². The van der Waals surface area contributed by atoms with E-state index in [2.05, 4.69) is 5.32 Å². The minimum Gasteiger partial charge on any atom is -0.484 e. The third-order valence-electron chi connectivity index (χ3n) is 3.20. The Kier molecular flexibility index (Phi) is 6.42. The summed E-state index contributed by atoms with van der Waals surface area (Å²) < 4.78 is 10.5. The van der Waals surface area contributed by atoms with Gasteiger partial charge in [0.25, 0.3) is 5.91 Å². The van der Waals surface area contributed by atoms with E-state index in [1.807, 2.05) is 13.0 Å². The number of benzene rings is 2. The molecular weight excluding hydrogens is 342 g/mol. The Balaban J connectivity index is 1.88. The Labute approximate surface area is 151 Å². The van der Waals surface area contributed by atoms with E-state index in [0.717, 1.165) is 5.56 Å². The average molecular weight is 362 g/mol. The number of ether oxygens (including phenoxy) is 2. The second-order valence-corrected chi connectivity index (χ2v) is 6.21. The molecule has 5 nitrogen and oxygen atoms in total. The first-order chi connectivity index (χ1) is 11.8. The summed E-state index contributed by atoms with van der Waals surface area (Å²) in [6, 6.07) is 11.8. The van der Waals surface area contributed by atoms with Gasteiger partial charge in [0.05, 0.1) is 22.4 Å². The van der Waals surface area contributed by atoms with Gasteiger partial charge >= 0.3 is 5.97 Å². The lowest BCUT2D eigenvalue weighted by Crippen LogP contribution is -2.20. The third kappa shape index (κ3) is 5.80. The molecule has 0 spiro atoms. The molecule has 25 heavy (non-hydrogen) atoms. The van der Waals surface area contributed by atoms with Crippen LogP contribution in [0.25, 0.3) is 0 Å². The van der Waals surface area contributed by atoms with Crippen molar-refractivity contribution >= 4 is 29.2 Å². The summed E-state index contributed by atoms with van der Waals surface area (Å²) >= 11 is 6.07. The van der Waals surface area contributed by atoms with Crippen molar-refractivity contribution in [3.63, 3.8) is 0 Å². The molecule has 0 aromatic heterocycles. The van der Waals surface area contributed by atoms with Crippen LogP contribution in [0.15, 0.2) is 42.5 Å². The summed E-state index contributed by atoms with van der Waals surface area (Å²) in [5.74, 6) is -0.242. The fourth-order valence-corrected chi connectivity index (χ4v) is 2.31. The van der Waals surface area contributed by atoms with E-state index in [0.29, 0.717) is 22.0 Å². The molecule has 0 saturated carbocycles. The molecule has 0 radical (unpaired) electrons. The van der Waals surface area contributed by atoms with Crippen LogP contribution in [0.3, 0.4) is 0 Å². The smallest absolute Gasteiger partial charge is 0.338 e. The number of halogens is 1. The second-order valence-electron chi connectivity index (χ2n) is 5.80. The zero-order valence-electron chi connectivity index (χ0n) is 14.3. The van der Waals surface area contributed by atoms with Crippen LogP contribution in [0.4, 0.5) is 5.69 Å². The molecule has 2 aromatic rings. The lowest BCUT2D eigenvalue weighted by Gasteiger charge is -2.10. The van der Waals surface area contributed by atoms with Gasteiger partial charge in [-0.2, -0.15) is 0 Å². The summed E-state index contributed by atoms with van der Waals surface area (Å²) in [7, 11) is 0. The van der Waals surface area contributed by atoms with E-state index in [4.69, 9.17) is 21.1 Å². The molecule has 0 aliphatic rings. The van der Waals surface area contributed by atoms with Crippen LogP contribution >= 0.6 is 11.6 Å². The van der Waals surface area contributed by atoms with Gasteiger partial charge in [-0.3, -0.25) is 4.79 Å². The fraction of sp³-hybridized carbons (Fsp3) is 0.263. The highest BCUT2D eigenvalue weighted by Gasteiger charge is 2.10. The lowest BCUT2D eigenvalue weighted by molar-refractivity contribution is -0.118. The molecule has 0 saturated heterocycles. The van der Waals surface area contributed by atoms with Gasteiger partial charge in [0, 0.05) is 0 Å². The van der Waals surface area contributed by atoms with E-state index in [1.54, 1.807) is 50.2 Å². The number of aryl methyl sites for hydroxylation is 1. The molecule has 1 N–H and O–H groups in total. The Morgan fingerprint density at radius 2 is 1.80 bits per heavy atom. The highest BCUT2D eigenvalue weighted by Crippen LogP contribution is 2.22. The van der Waals surface area contributed by atoms with Gasteiger partial charge in [-0.1, -0.05) is 17.7 Å². The third-order valence-corrected chi connectivity index (χ3v) is 3.51. The predicted octanol–water partition coefficient (Wildman–Crippen LogP) is 4.23. The number of carbonyl (C=O) groups excluding carboxylic acids is 2. The first-order valence-electron chi connectivity index (χ1n) is 7.85. The zero-order valence-corrected chi connectivity index (χ0v) is 15.1. The Morgan fingerprint density at radius 1 is 1.12 bits per heavy atom. The number of anilines is 1. The fourth-order valence-electron chi connectivity index (χ4n) is 2.03. The van der Waals surface area contributed by atoms with E-state index in [9.17, 15) is 9.59 Å². The zero-order chi connectivity index (χ0) is 18.4. The standard InChI is InChI=1S/C19H20ClNO4/c1-12(2)25-19(23)14-5-7-15(8-6-14)24-11-18(22)21-17-9-4-13(3)10-16(17)20/h4-10,12H,11H2,1-3H3,(H,21,22). The number of esters is 1. The second kappa shape index (κ2) is 8.53. The number of hydrogen-bond acceptors (Lipinski definition) is 4. The van der Waals surface area contributed by atoms with Crippen LogP contribution in [0, 0.1) is 6.92 Å². The van der Waals surface area contributed by atoms with Crippen LogP contribution in [-0.2, 0) is 9.53 Å². The van der Waals surface area contributed by atoms with Crippen LogP contribution in [0.2, 0.25) is 5.02 Å². The monoisotopic (exact) mass is 361 g/mol. The van der Waals surface area contributed by atoms with Gasteiger partial charge in [-0.15, -0.1) is 0 Å². The van der Waals surface area contributed by atoms with Gasteiger partial charge in [0.15, 0.2) is 6.61 Å². The van der Waals surface area contributed by atoms with Crippen LogP contribution in [-0.4, -0.2) is 24.6 Å². The van der Waals surface area contributed by atoms with E-state index < -0.39 is 5.97 Å². The molecule has 6 heteroatoms. The number of carbonyl (C=O) groups is 2. The summed E-state index contributed by atoms with van der Waals surface area (Å²) in [5, 5.41) is 3.16. The molecule has 0 heterocycles. The molecule has 0 atom stereocenters. The maximum atomic E-state index is 12.0. The topological polar surface area (TPSA) is 64.6 Å². The van der Waals surface area contributed by atoms with Gasteiger partial charge < -0.3 is 14.8 Å². The highest BCUT2D eigenvalue weighted by atomic mass is 35.5. The van der Waals surface area contributed by atoms with Crippen molar-refractivity contribution in [3.8, 4) is 5.75 Å². The lowest BCUT2D eigenvalue weighted by atomic mass is 10.2. The Hall–Kier alpha value is -2.53. The molecule has 0 bridgehead atoms. The maximum Gasteiger partial charge on any atom is 0.338 e. The van der Waals surface area contributed by atoms with E-state index >= 15 is 0 Å². The number of nitrogens with one attached hydrogen (secondary N) is 1. The normalized spacial score (nSPS) is 10.4. The minimum atomic E-state index is -0.395. The molecular formula is C19H20ClNO4. The summed E-state index contributed by atoms with van der Waals surface area (Å²) in [4.78, 5) is 23.7. The first kappa shape index (κ1) is 18.8. The summed E-state index contributed by atoms with van der Waals surface area (Å²) in [5.41, 5.74) is 1.97. The van der Waals surface area contributed by atoms with Crippen molar-refractivity contribution in [1.82, 2.24) is 0 Å². The van der Waals surface area contributed by atoms with Crippen molar-refractivity contribution in [2.75, 3.05) is 11.9 Å². The summed E-state index contributed by atoms with van der Waals surface area (Å²) in [6.07, 6.45) is -0.180. The predicted molar refractivity (Wildman–Crippen MR) is 97.3 cm³/mol. The number of amides is 1. The Morgan fingerprint density at radius 3 is 2.40 bits per heavy atom. The molecule has 2 aromatic carbocycles. The SMILES string of the molecule is Cc1ccc(NC(=O)COc2ccc(C(=O)OC(C)C)cc2)c(Cl)c1. The van der Waals surface area contributed by atoms with Crippen molar-refractivity contribution in [1.29, 1.82) is 0 Å². The highest BCUT2D eigenvalue weighted by molar-refractivity contribution is 6.33. The largest absolute Gasteiger partial charge is 0.484 e. The number of rotatable bonds is 6. The molecule has 0 fully saturated rings.